The Labute approximate surface area is 176 Å². The van der Waals surface area contributed by atoms with Crippen LogP contribution in [-0.2, 0) is 29.2 Å². The van der Waals surface area contributed by atoms with Crippen LogP contribution < -0.4 is 10.0 Å². The summed E-state index contributed by atoms with van der Waals surface area (Å²) in [6.07, 6.45) is 4.88. The van der Waals surface area contributed by atoms with Crippen molar-refractivity contribution in [3.8, 4) is 0 Å². The number of amides is 4. The Bertz CT molecular complexity index is 872. The molecule has 6 unspecified atom stereocenters. The fraction of sp³-hybridized carbons (Fsp3) is 0.800. The summed E-state index contributed by atoms with van der Waals surface area (Å²) in [7, 11) is -3.50. The average molecular weight is 440 g/mol. The van der Waals surface area contributed by atoms with Gasteiger partial charge in [0, 0.05) is 12.5 Å². The number of piperidine rings is 1. The van der Waals surface area contributed by atoms with Crippen molar-refractivity contribution in [1.29, 1.82) is 0 Å². The fourth-order valence-corrected chi connectivity index (χ4v) is 7.69. The maximum atomic E-state index is 13.0. The minimum absolute atomic E-state index is 0.0881. The second-order valence-corrected chi connectivity index (χ2v) is 11.1. The highest BCUT2D eigenvalue weighted by Gasteiger charge is 2.54. The zero-order chi connectivity index (χ0) is 21.6. The van der Waals surface area contributed by atoms with Gasteiger partial charge in [0.25, 0.3) is 0 Å². The second kappa shape index (κ2) is 8.03. The first kappa shape index (κ1) is 21.4. The van der Waals surface area contributed by atoms with E-state index in [4.69, 9.17) is 0 Å². The van der Waals surface area contributed by atoms with E-state index in [0.29, 0.717) is 19.3 Å². The highest BCUT2D eigenvalue weighted by atomic mass is 32.2. The van der Waals surface area contributed by atoms with Crippen LogP contribution in [0.4, 0.5) is 0 Å². The van der Waals surface area contributed by atoms with E-state index in [2.05, 4.69) is 10.0 Å². The van der Waals surface area contributed by atoms with Gasteiger partial charge in [0.2, 0.25) is 33.7 Å². The molecule has 0 aromatic rings. The van der Waals surface area contributed by atoms with Crippen molar-refractivity contribution >= 4 is 33.7 Å². The predicted molar refractivity (Wildman–Crippen MR) is 106 cm³/mol. The zero-order valence-electron chi connectivity index (χ0n) is 17.1. The van der Waals surface area contributed by atoms with Crippen molar-refractivity contribution < 1.29 is 27.6 Å². The third kappa shape index (κ3) is 3.79. The van der Waals surface area contributed by atoms with E-state index in [-0.39, 0.29) is 37.1 Å². The number of imide groups is 2. The summed E-state index contributed by atoms with van der Waals surface area (Å²) in [5, 5.41) is 1.78. The van der Waals surface area contributed by atoms with Gasteiger partial charge in [0.05, 0.1) is 17.1 Å². The lowest BCUT2D eigenvalue weighted by molar-refractivity contribution is -0.151. The van der Waals surface area contributed by atoms with Gasteiger partial charge < -0.3 is 0 Å². The zero-order valence-corrected chi connectivity index (χ0v) is 17.9. The number of carbonyl (C=O) groups is 4. The Hall–Kier alpha value is -1.81. The van der Waals surface area contributed by atoms with Gasteiger partial charge in [0.1, 0.15) is 6.04 Å². The first-order chi connectivity index (χ1) is 14.2. The molecule has 2 heterocycles. The van der Waals surface area contributed by atoms with Crippen molar-refractivity contribution in [2.45, 2.75) is 82.0 Å². The molecule has 9 nitrogen and oxygen atoms in total. The predicted octanol–water partition coefficient (Wildman–Crippen LogP) is 0.443. The molecule has 2 aliphatic heterocycles. The van der Waals surface area contributed by atoms with Crippen LogP contribution in [0.5, 0.6) is 0 Å². The monoisotopic (exact) mass is 439 g/mol. The highest BCUT2D eigenvalue weighted by molar-refractivity contribution is 7.90. The van der Waals surface area contributed by atoms with Crippen molar-refractivity contribution in [1.82, 2.24) is 14.9 Å². The number of likely N-dealkylation sites (tertiary alicyclic amines) is 1. The molecular formula is C20H29N3O6S. The van der Waals surface area contributed by atoms with Gasteiger partial charge >= 0.3 is 0 Å². The number of hydrogen-bond acceptors (Lipinski definition) is 6. The van der Waals surface area contributed by atoms with Crippen LogP contribution >= 0.6 is 0 Å². The van der Waals surface area contributed by atoms with E-state index in [0.717, 1.165) is 24.2 Å². The largest absolute Gasteiger partial charge is 0.295 e. The molecule has 0 spiro atoms. The molecule has 4 amide bonds. The molecule has 2 saturated carbocycles. The molecule has 4 rings (SSSR count). The number of hydrogen-bond donors (Lipinski definition) is 2. The maximum Gasteiger partial charge on any atom is 0.249 e. The van der Waals surface area contributed by atoms with E-state index in [1.807, 2.05) is 6.92 Å². The first-order valence-electron chi connectivity index (χ1n) is 10.9. The smallest absolute Gasteiger partial charge is 0.249 e. The van der Waals surface area contributed by atoms with E-state index >= 15 is 0 Å². The van der Waals surface area contributed by atoms with Gasteiger partial charge in [0.15, 0.2) is 0 Å². The molecule has 4 fully saturated rings. The molecule has 0 bridgehead atoms. The second-order valence-electron chi connectivity index (χ2n) is 9.20. The minimum atomic E-state index is -3.50. The summed E-state index contributed by atoms with van der Waals surface area (Å²) < 4.78 is 28.7. The fourth-order valence-electron chi connectivity index (χ4n) is 5.61. The molecule has 0 aromatic carbocycles. The molecular weight excluding hydrogens is 410 g/mol. The van der Waals surface area contributed by atoms with Gasteiger partial charge in [-0.2, -0.15) is 0 Å². The number of carbonyl (C=O) groups excluding carboxylic acids is 4. The van der Waals surface area contributed by atoms with Crippen LogP contribution in [0.3, 0.4) is 0 Å². The van der Waals surface area contributed by atoms with Gasteiger partial charge in [-0.25, -0.2) is 13.1 Å². The van der Waals surface area contributed by atoms with Gasteiger partial charge in [-0.1, -0.05) is 19.8 Å². The molecule has 10 heteroatoms. The van der Waals surface area contributed by atoms with Crippen molar-refractivity contribution in [3.63, 3.8) is 0 Å². The lowest BCUT2D eigenvalue weighted by Gasteiger charge is -2.33. The molecule has 2 saturated heterocycles. The Morgan fingerprint density at radius 1 is 0.933 bits per heavy atom. The number of sulfonamides is 1. The average Bonchev–Trinajstić information content (AvgIpc) is 2.92. The molecule has 30 heavy (non-hydrogen) atoms. The van der Waals surface area contributed by atoms with Crippen LogP contribution in [0.2, 0.25) is 0 Å². The van der Waals surface area contributed by atoms with Gasteiger partial charge in [-0.3, -0.25) is 29.4 Å². The normalized spacial score (nSPS) is 37.8. The van der Waals surface area contributed by atoms with E-state index in [9.17, 15) is 27.6 Å². The lowest BCUT2D eigenvalue weighted by atomic mass is 9.79. The molecule has 0 radical (unpaired) electrons. The van der Waals surface area contributed by atoms with Crippen LogP contribution in [0, 0.1) is 17.8 Å². The summed E-state index contributed by atoms with van der Waals surface area (Å²) in [5.41, 5.74) is 0. The molecule has 2 N–H and O–H groups in total. The number of rotatable bonds is 4. The molecule has 166 valence electrons. The van der Waals surface area contributed by atoms with Crippen molar-refractivity contribution in [2.24, 2.45) is 17.8 Å². The van der Waals surface area contributed by atoms with Crippen LogP contribution in [0.15, 0.2) is 0 Å². The Morgan fingerprint density at radius 3 is 2.33 bits per heavy atom. The number of fused-ring (bicyclic) bond motifs is 1. The quantitative estimate of drug-likeness (QED) is 0.612. The summed E-state index contributed by atoms with van der Waals surface area (Å²) in [6, 6.07) is -1.34. The van der Waals surface area contributed by atoms with Crippen LogP contribution in [-0.4, -0.2) is 54.3 Å². The molecule has 4 aliphatic rings. The highest BCUT2D eigenvalue weighted by Crippen LogP contribution is 2.40. The third-order valence-electron chi connectivity index (χ3n) is 7.24. The van der Waals surface area contributed by atoms with Crippen molar-refractivity contribution in [2.75, 3.05) is 0 Å². The van der Waals surface area contributed by atoms with Crippen molar-refractivity contribution in [3.05, 3.63) is 0 Å². The SMILES string of the molecule is CC1CCCCC1S(=O)(=O)NC1CCC2C(=O)N(C3CCC(=O)NC3=O)C(=O)C2C1. The summed E-state index contributed by atoms with van der Waals surface area (Å²) in [6.45, 7) is 1.97. The Morgan fingerprint density at radius 2 is 1.63 bits per heavy atom. The standard InChI is InChI=1S/C20H29N3O6S/c1-11-4-2-3-5-16(11)30(28,29)22-12-6-7-13-14(10-12)20(27)23(19(13)26)15-8-9-17(24)21-18(15)25/h11-16,22H,2-10H2,1H3,(H,21,24,25). The third-order valence-corrected chi connectivity index (χ3v) is 9.40. The van der Waals surface area contributed by atoms with Gasteiger partial charge in [-0.15, -0.1) is 0 Å². The summed E-state index contributed by atoms with van der Waals surface area (Å²) in [5.74, 6) is -2.85. The van der Waals surface area contributed by atoms with E-state index in [1.54, 1.807) is 0 Å². The molecule has 2 aliphatic carbocycles. The van der Waals surface area contributed by atoms with Gasteiger partial charge in [-0.05, 0) is 44.4 Å². The lowest BCUT2D eigenvalue weighted by Crippen LogP contribution is -2.54. The topological polar surface area (TPSA) is 130 Å². The van der Waals surface area contributed by atoms with E-state index in [1.165, 1.54) is 0 Å². The molecule has 0 aromatic heterocycles. The summed E-state index contributed by atoms with van der Waals surface area (Å²) in [4.78, 5) is 50.5. The van der Waals surface area contributed by atoms with E-state index < -0.39 is 50.9 Å². The number of nitrogens with one attached hydrogen (secondary N) is 2. The number of nitrogens with zero attached hydrogens (tertiary/aromatic N) is 1. The van der Waals surface area contributed by atoms with Crippen LogP contribution in [0.25, 0.3) is 0 Å². The Kier molecular flexibility index (Phi) is 5.73. The maximum absolute atomic E-state index is 13.0. The van der Waals surface area contributed by atoms with Crippen LogP contribution in [0.1, 0.15) is 64.7 Å². The minimum Gasteiger partial charge on any atom is -0.295 e. The first-order valence-corrected chi connectivity index (χ1v) is 12.5. The summed E-state index contributed by atoms with van der Waals surface area (Å²) >= 11 is 0. The Balaban J connectivity index is 1.45. The molecule has 6 atom stereocenters.